The minimum absolute atomic E-state index is 0.0768. The first-order valence-electron chi connectivity index (χ1n) is 12.8. The van der Waals surface area contributed by atoms with Crippen molar-refractivity contribution >= 4 is 53.0 Å². The third-order valence-electron chi connectivity index (χ3n) is 6.28. The second-order valence-corrected chi connectivity index (χ2v) is 10.5. The van der Waals surface area contributed by atoms with Crippen molar-refractivity contribution in [1.29, 1.82) is 0 Å². The first-order valence-corrected chi connectivity index (χ1v) is 13.6. The van der Waals surface area contributed by atoms with E-state index in [1.165, 1.54) is 37.4 Å². The fraction of sp³-hybridized carbons (Fsp3) is 0.429. The highest BCUT2D eigenvalue weighted by molar-refractivity contribution is 6.42. The van der Waals surface area contributed by atoms with Crippen LogP contribution in [0.25, 0.3) is 0 Å². The van der Waals surface area contributed by atoms with Crippen LogP contribution in [-0.2, 0) is 28.6 Å². The summed E-state index contributed by atoms with van der Waals surface area (Å²) in [5.74, 6) is -5.48. The maximum Gasteiger partial charge on any atom is 0.343 e. The number of carbonyl (C=O) groups excluding carboxylic acids is 5. The molecule has 1 saturated heterocycles. The third kappa shape index (κ3) is 7.74. The van der Waals surface area contributed by atoms with Gasteiger partial charge in [-0.1, -0.05) is 44.0 Å². The van der Waals surface area contributed by atoms with Crippen LogP contribution in [0.1, 0.15) is 60.5 Å². The van der Waals surface area contributed by atoms with Gasteiger partial charge < -0.3 is 24.3 Å². The van der Waals surface area contributed by atoms with E-state index in [9.17, 15) is 24.0 Å². The Labute approximate surface area is 246 Å². The molecular weight excluding hydrogens is 579 g/mol. The number of hydrogen-bond donors (Lipinski definition) is 1. The molecule has 1 fully saturated rings. The molecule has 1 N–H and O–H groups in total. The molecule has 1 aliphatic heterocycles. The van der Waals surface area contributed by atoms with Crippen molar-refractivity contribution in [1.82, 2.24) is 10.3 Å². The molecular formula is C28H30Cl2N2O9. The molecule has 1 aromatic heterocycles. The molecule has 4 atom stereocenters. The normalized spacial score (nSPS) is 21.1. The molecule has 13 heteroatoms. The molecule has 3 rings (SSSR count). The second-order valence-electron chi connectivity index (χ2n) is 9.69. The van der Waals surface area contributed by atoms with E-state index in [2.05, 4.69) is 10.3 Å². The van der Waals surface area contributed by atoms with E-state index in [0.29, 0.717) is 5.56 Å². The molecule has 2 aromatic rings. The first kappa shape index (κ1) is 31.8. The summed E-state index contributed by atoms with van der Waals surface area (Å²) in [4.78, 5) is 68.3. The SMILES string of the molecule is CC[C@H]1C(=O)OC[C@H](NC(=O)c2nccc(C)c2OC(=O)c2ccc(Cl)c(Cl)c2)C(=O)O[C@@H](C)[C@@H]1OC(=O)C(C)C. The summed E-state index contributed by atoms with van der Waals surface area (Å²) in [5.41, 5.74) is 0.171. The predicted octanol–water partition coefficient (Wildman–Crippen LogP) is 4.10. The van der Waals surface area contributed by atoms with Gasteiger partial charge in [-0.15, -0.1) is 0 Å². The number of esters is 4. The zero-order valence-electron chi connectivity index (χ0n) is 23.1. The molecule has 0 aliphatic carbocycles. The molecule has 2 heterocycles. The van der Waals surface area contributed by atoms with Gasteiger partial charge in [0.25, 0.3) is 5.91 Å². The predicted molar refractivity (Wildman–Crippen MR) is 147 cm³/mol. The maximum absolute atomic E-state index is 13.3. The van der Waals surface area contributed by atoms with Gasteiger partial charge in [-0.05, 0) is 50.1 Å². The molecule has 0 bridgehead atoms. The molecule has 11 nitrogen and oxygen atoms in total. The zero-order valence-corrected chi connectivity index (χ0v) is 24.6. The number of ether oxygens (including phenoxy) is 4. The number of nitrogens with one attached hydrogen (secondary N) is 1. The number of amides is 1. The van der Waals surface area contributed by atoms with Crippen molar-refractivity contribution in [2.75, 3.05) is 6.61 Å². The van der Waals surface area contributed by atoms with Gasteiger partial charge in [0.2, 0.25) is 0 Å². The van der Waals surface area contributed by atoms with Crippen LogP contribution in [0.2, 0.25) is 10.0 Å². The van der Waals surface area contributed by atoms with E-state index in [1.54, 1.807) is 27.7 Å². The van der Waals surface area contributed by atoms with Crippen molar-refractivity contribution in [3.63, 3.8) is 0 Å². The Hall–Kier alpha value is -3.70. The minimum atomic E-state index is -1.44. The van der Waals surface area contributed by atoms with Crippen LogP contribution >= 0.6 is 23.2 Å². The number of hydrogen-bond acceptors (Lipinski definition) is 10. The largest absolute Gasteiger partial charge is 0.463 e. The van der Waals surface area contributed by atoms with E-state index in [4.69, 9.17) is 42.1 Å². The van der Waals surface area contributed by atoms with Gasteiger partial charge >= 0.3 is 23.9 Å². The minimum Gasteiger partial charge on any atom is -0.463 e. The van der Waals surface area contributed by atoms with E-state index in [0.717, 1.165) is 0 Å². The van der Waals surface area contributed by atoms with Crippen LogP contribution in [0, 0.1) is 18.8 Å². The van der Waals surface area contributed by atoms with E-state index in [1.807, 2.05) is 0 Å². The highest BCUT2D eigenvalue weighted by Crippen LogP contribution is 2.27. The lowest BCUT2D eigenvalue weighted by Crippen LogP contribution is -2.47. The van der Waals surface area contributed by atoms with Gasteiger partial charge in [-0.2, -0.15) is 0 Å². The van der Waals surface area contributed by atoms with Crippen molar-refractivity contribution in [2.24, 2.45) is 11.8 Å². The highest BCUT2D eigenvalue weighted by Gasteiger charge is 2.41. The Morgan fingerprint density at radius 2 is 1.83 bits per heavy atom. The Morgan fingerprint density at radius 1 is 1.12 bits per heavy atom. The standard InChI is InChI=1S/C28H30Cl2N2O9/c1-6-17-23(41-25(34)13(2)3)15(5)39-28(37)20(12-38-27(17)36)32-24(33)21-22(14(4)9-10-31-21)40-26(35)16-7-8-18(29)19(30)11-16/h7-11,13,15,17,20,23H,6,12H2,1-5H3,(H,32,33)/t15-,17+,20-,23-/m0/s1. The first-order chi connectivity index (χ1) is 19.3. The summed E-state index contributed by atoms with van der Waals surface area (Å²) in [6.45, 7) is 7.50. The van der Waals surface area contributed by atoms with E-state index < -0.39 is 66.5 Å². The van der Waals surface area contributed by atoms with Gasteiger partial charge in [-0.25, -0.2) is 14.6 Å². The van der Waals surface area contributed by atoms with Gasteiger partial charge in [0.1, 0.15) is 12.7 Å². The third-order valence-corrected chi connectivity index (χ3v) is 7.02. The highest BCUT2D eigenvalue weighted by atomic mass is 35.5. The lowest BCUT2D eigenvalue weighted by atomic mass is 9.95. The van der Waals surface area contributed by atoms with Crippen molar-refractivity contribution in [3.8, 4) is 5.75 Å². The fourth-order valence-electron chi connectivity index (χ4n) is 3.92. The fourth-order valence-corrected chi connectivity index (χ4v) is 4.22. The second kappa shape index (κ2) is 13.8. The molecule has 0 unspecified atom stereocenters. The average Bonchev–Trinajstić information content (AvgIpc) is 2.95. The smallest absolute Gasteiger partial charge is 0.343 e. The van der Waals surface area contributed by atoms with Crippen LogP contribution in [0.15, 0.2) is 30.5 Å². The van der Waals surface area contributed by atoms with Crippen LogP contribution in [-0.4, -0.2) is 59.6 Å². The van der Waals surface area contributed by atoms with Gasteiger partial charge in [0.15, 0.2) is 23.6 Å². The van der Waals surface area contributed by atoms with Gasteiger partial charge in [0.05, 0.1) is 27.4 Å². The van der Waals surface area contributed by atoms with Gasteiger partial charge in [0, 0.05) is 6.20 Å². The summed E-state index contributed by atoms with van der Waals surface area (Å²) >= 11 is 11.9. The summed E-state index contributed by atoms with van der Waals surface area (Å²) in [6, 6.07) is 4.23. The molecule has 0 radical (unpaired) electrons. The summed E-state index contributed by atoms with van der Waals surface area (Å²) in [7, 11) is 0. The lowest BCUT2D eigenvalue weighted by Gasteiger charge is -2.29. The number of aromatic nitrogens is 1. The van der Waals surface area contributed by atoms with Crippen LogP contribution in [0.4, 0.5) is 0 Å². The number of cyclic esters (lactones) is 2. The molecule has 1 aliphatic rings. The maximum atomic E-state index is 13.3. The molecule has 1 aromatic carbocycles. The van der Waals surface area contributed by atoms with Crippen LogP contribution in [0.5, 0.6) is 5.75 Å². The number of aryl methyl sites for hydroxylation is 1. The number of pyridine rings is 1. The number of rotatable bonds is 7. The Morgan fingerprint density at radius 3 is 2.46 bits per heavy atom. The van der Waals surface area contributed by atoms with E-state index in [-0.39, 0.29) is 33.5 Å². The monoisotopic (exact) mass is 608 g/mol. The molecule has 41 heavy (non-hydrogen) atoms. The van der Waals surface area contributed by atoms with E-state index >= 15 is 0 Å². The molecule has 1 amide bonds. The van der Waals surface area contributed by atoms with Gasteiger partial charge in [-0.3, -0.25) is 14.4 Å². The number of carbonyl (C=O) groups is 5. The Balaban J connectivity index is 1.83. The van der Waals surface area contributed by atoms with Crippen molar-refractivity contribution in [2.45, 2.75) is 59.3 Å². The Kier molecular flexibility index (Phi) is 10.7. The Bertz CT molecular complexity index is 1350. The topological polar surface area (TPSA) is 147 Å². The lowest BCUT2D eigenvalue weighted by molar-refractivity contribution is -0.176. The van der Waals surface area contributed by atoms with Crippen molar-refractivity contribution in [3.05, 3.63) is 57.3 Å². The number of benzene rings is 1. The molecule has 220 valence electrons. The number of halogens is 2. The average molecular weight is 609 g/mol. The summed E-state index contributed by atoms with van der Waals surface area (Å²) in [6.07, 6.45) is -0.551. The zero-order chi connectivity index (χ0) is 30.4. The molecule has 0 saturated carbocycles. The molecule has 0 spiro atoms. The summed E-state index contributed by atoms with van der Waals surface area (Å²) in [5, 5.41) is 2.81. The summed E-state index contributed by atoms with van der Waals surface area (Å²) < 4.78 is 21.8. The van der Waals surface area contributed by atoms with Crippen LogP contribution < -0.4 is 10.1 Å². The van der Waals surface area contributed by atoms with Crippen LogP contribution in [0.3, 0.4) is 0 Å². The van der Waals surface area contributed by atoms with Crippen molar-refractivity contribution < 1.29 is 42.9 Å². The quantitative estimate of drug-likeness (QED) is 0.360. The number of nitrogens with zero attached hydrogens (tertiary/aromatic N) is 1.